The van der Waals surface area contributed by atoms with Gasteiger partial charge in [0.05, 0.1) is 5.69 Å². The Morgan fingerprint density at radius 3 is 1.80 bits per heavy atom. The van der Waals surface area contributed by atoms with Crippen LogP contribution in [-0.2, 0) is 10.8 Å². The quantitative estimate of drug-likeness (QED) is 0.168. The van der Waals surface area contributed by atoms with Gasteiger partial charge >= 0.3 is 0 Å². The Morgan fingerprint density at radius 1 is 0.417 bits per heavy atom. The van der Waals surface area contributed by atoms with Gasteiger partial charge in [-0.1, -0.05) is 159 Å². The van der Waals surface area contributed by atoms with Crippen LogP contribution < -0.4 is 4.90 Å². The van der Waals surface area contributed by atoms with Gasteiger partial charge in [0.1, 0.15) is 0 Å². The zero-order valence-electron chi connectivity index (χ0n) is 34.5. The fourth-order valence-electron chi connectivity index (χ4n) is 14.0. The number of hydrogen-bond donors (Lipinski definition) is 0. The molecular weight excluding hydrogens is 723 g/mol. The molecule has 0 saturated heterocycles. The molecule has 4 saturated carbocycles. The van der Waals surface area contributed by atoms with Crippen LogP contribution in [0.5, 0.6) is 0 Å². The van der Waals surface area contributed by atoms with Crippen molar-refractivity contribution in [1.82, 2.24) is 0 Å². The van der Waals surface area contributed by atoms with E-state index in [1.54, 1.807) is 11.1 Å². The largest absolute Gasteiger partial charge is 0.310 e. The molecule has 1 heteroatoms. The van der Waals surface area contributed by atoms with Gasteiger partial charge in [-0.2, -0.15) is 0 Å². The minimum atomic E-state index is -0.110. The van der Waals surface area contributed by atoms with Crippen molar-refractivity contribution in [3.63, 3.8) is 0 Å². The minimum absolute atomic E-state index is 0.0865. The zero-order valence-corrected chi connectivity index (χ0v) is 34.5. The molecule has 8 aromatic carbocycles. The van der Waals surface area contributed by atoms with E-state index >= 15 is 0 Å². The maximum absolute atomic E-state index is 2.66. The molecule has 1 spiro atoms. The highest BCUT2D eigenvalue weighted by Crippen LogP contribution is 2.69. The van der Waals surface area contributed by atoms with Crippen LogP contribution in [0.1, 0.15) is 68.2 Å². The van der Waals surface area contributed by atoms with Crippen LogP contribution >= 0.6 is 0 Å². The van der Waals surface area contributed by atoms with E-state index in [4.69, 9.17) is 0 Å². The molecule has 4 bridgehead atoms. The van der Waals surface area contributed by atoms with E-state index in [0.717, 1.165) is 11.8 Å². The average Bonchev–Trinajstić information content (AvgIpc) is 3.71. The van der Waals surface area contributed by atoms with Crippen molar-refractivity contribution in [3.8, 4) is 44.5 Å². The molecule has 0 amide bonds. The Balaban J connectivity index is 1.04. The van der Waals surface area contributed by atoms with Crippen LogP contribution in [0.2, 0.25) is 0 Å². The molecule has 6 aliphatic rings. The Labute approximate surface area is 354 Å². The summed E-state index contributed by atoms with van der Waals surface area (Å²) in [5.74, 6) is 3.22. The Hall–Kier alpha value is -6.18. The van der Waals surface area contributed by atoms with Gasteiger partial charge in [0.2, 0.25) is 0 Å². The van der Waals surface area contributed by atoms with E-state index in [-0.39, 0.29) is 10.8 Å². The van der Waals surface area contributed by atoms with E-state index < -0.39 is 0 Å². The summed E-state index contributed by atoms with van der Waals surface area (Å²) in [6.07, 6.45) is 6.97. The molecule has 0 aromatic heterocycles. The van der Waals surface area contributed by atoms with Gasteiger partial charge in [-0.25, -0.2) is 0 Å². The number of fused-ring (bicyclic) bond motifs is 7. The summed E-state index contributed by atoms with van der Waals surface area (Å²) < 4.78 is 0. The number of nitrogens with zero attached hydrogens (tertiary/aromatic N) is 1. The highest BCUT2D eigenvalue weighted by Gasteiger charge is 2.61. The van der Waals surface area contributed by atoms with Crippen molar-refractivity contribution in [1.29, 1.82) is 0 Å². The summed E-state index contributed by atoms with van der Waals surface area (Å²) in [7, 11) is 0. The van der Waals surface area contributed by atoms with E-state index in [9.17, 15) is 0 Å². The first kappa shape index (κ1) is 34.7. The monoisotopic (exact) mass is 771 g/mol. The molecule has 0 N–H and O–H groups in total. The van der Waals surface area contributed by atoms with Crippen molar-refractivity contribution in [2.45, 2.75) is 56.8 Å². The molecule has 14 rings (SSSR count). The fraction of sp³-hybridized carbons (Fsp3) is 0.220. The van der Waals surface area contributed by atoms with Gasteiger partial charge in [0, 0.05) is 27.8 Å². The van der Waals surface area contributed by atoms with Gasteiger partial charge < -0.3 is 4.90 Å². The second-order valence-corrected chi connectivity index (χ2v) is 19.3. The first-order valence-electron chi connectivity index (χ1n) is 22.4. The van der Waals surface area contributed by atoms with Crippen LogP contribution in [0.4, 0.5) is 17.1 Å². The van der Waals surface area contributed by atoms with Gasteiger partial charge in [0.25, 0.3) is 0 Å². The van der Waals surface area contributed by atoms with E-state index in [1.165, 1.54) is 116 Å². The third kappa shape index (κ3) is 4.70. The minimum Gasteiger partial charge on any atom is -0.310 e. The fourth-order valence-corrected chi connectivity index (χ4v) is 14.0. The van der Waals surface area contributed by atoms with Crippen LogP contribution in [0, 0.1) is 23.7 Å². The van der Waals surface area contributed by atoms with Crippen molar-refractivity contribution in [2.24, 2.45) is 23.7 Å². The highest BCUT2D eigenvalue weighted by atomic mass is 15.1. The van der Waals surface area contributed by atoms with Crippen LogP contribution in [-0.4, -0.2) is 0 Å². The molecule has 8 aromatic rings. The predicted octanol–water partition coefficient (Wildman–Crippen LogP) is 15.7. The standard InChI is InChI=1S/C59H49N/c1-58(2)53-25-8-5-20-49(53)52-24-13-22-46(57(52)58)40-16-11-17-43(35-40)60(56-27-10-7-21-51(56)47-23-12-15-39-14-3-4-18-45(39)47)44-28-29-50-48-19-6-9-26-54(48)59(55(50)36-44)41-31-37-30-38(33-41)34-42(59)32-37/h3-29,35-38,41-42H,30-34H2,1-2H3. The summed E-state index contributed by atoms with van der Waals surface area (Å²) in [6, 6.07) is 67.2. The molecule has 6 aliphatic carbocycles. The van der Waals surface area contributed by atoms with Crippen molar-refractivity contribution in [2.75, 3.05) is 4.90 Å². The normalized spacial score (nSPS) is 23.4. The topological polar surface area (TPSA) is 3.24 Å². The predicted molar refractivity (Wildman–Crippen MR) is 250 cm³/mol. The maximum atomic E-state index is 2.66. The number of benzene rings is 8. The second kappa shape index (κ2) is 12.7. The number of hydrogen-bond acceptors (Lipinski definition) is 1. The molecule has 0 aliphatic heterocycles. The van der Waals surface area contributed by atoms with E-state index in [1.807, 2.05) is 0 Å². The SMILES string of the molecule is CC1(C)c2ccccc2-c2cccc(-c3cccc(N(c4ccc5c(c4)C4(c6ccccc6-5)C5CC6CC(C5)CC4C6)c4ccccc4-c4cccc5ccccc45)c3)c21. The van der Waals surface area contributed by atoms with Crippen molar-refractivity contribution >= 4 is 27.8 Å². The van der Waals surface area contributed by atoms with Crippen molar-refractivity contribution < 1.29 is 0 Å². The van der Waals surface area contributed by atoms with Crippen molar-refractivity contribution in [3.05, 3.63) is 198 Å². The van der Waals surface area contributed by atoms with Gasteiger partial charge in [-0.3, -0.25) is 0 Å². The lowest BCUT2D eigenvalue weighted by Crippen LogP contribution is -2.55. The lowest BCUT2D eigenvalue weighted by atomic mass is 9.43. The molecule has 0 heterocycles. The highest BCUT2D eigenvalue weighted by molar-refractivity contribution is 6.02. The van der Waals surface area contributed by atoms with Gasteiger partial charge in [-0.05, 0) is 158 Å². The third-order valence-electron chi connectivity index (χ3n) is 16.0. The first-order chi connectivity index (χ1) is 29.5. The number of para-hydroxylation sites is 1. The third-order valence-corrected chi connectivity index (χ3v) is 16.0. The molecule has 0 radical (unpaired) electrons. The summed E-state index contributed by atoms with van der Waals surface area (Å²) in [5, 5.41) is 2.54. The molecule has 290 valence electrons. The lowest BCUT2D eigenvalue weighted by molar-refractivity contribution is -0.0399. The second-order valence-electron chi connectivity index (χ2n) is 19.3. The van der Waals surface area contributed by atoms with Gasteiger partial charge in [-0.15, -0.1) is 0 Å². The molecule has 0 unspecified atom stereocenters. The van der Waals surface area contributed by atoms with E-state index in [2.05, 4.69) is 195 Å². The van der Waals surface area contributed by atoms with E-state index in [0.29, 0.717) is 11.8 Å². The maximum Gasteiger partial charge on any atom is 0.0540 e. The van der Waals surface area contributed by atoms with Crippen LogP contribution in [0.3, 0.4) is 0 Å². The number of rotatable bonds is 5. The summed E-state index contributed by atoms with van der Waals surface area (Å²) >= 11 is 0. The Morgan fingerprint density at radius 2 is 0.983 bits per heavy atom. The summed E-state index contributed by atoms with van der Waals surface area (Å²) in [6.45, 7) is 4.81. The Bertz CT molecular complexity index is 3020. The summed E-state index contributed by atoms with van der Waals surface area (Å²) in [5.41, 5.74) is 20.3. The lowest BCUT2D eigenvalue weighted by Gasteiger charge is -2.61. The summed E-state index contributed by atoms with van der Waals surface area (Å²) in [4.78, 5) is 2.59. The molecular formula is C59H49N. The van der Waals surface area contributed by atoms with Crippen LogP contribution in [0.15, 0.2) is 176 Å². The molecule has 1 nitrogen and oxygen atoms in total. The molecule has 60 heavy (non-hydrogen) atoms. The van der Waals surface area contributed by atoms with Crippen LogP contribution in [0.25, 0.3) is 55.3 Å². The average molecular weight is 772 g/mol. The first-order valence-corrected chi connectivity index (χ1v) is 22.4. The van der Waals surface area contributed by atoms with Gasteiger partial charge in [0.15, 0.2) is 0 Å². The molecule has 4 fully saturated rings. The Kier molecular flexibility index (Phi) is 7.32. The zero-order chi connectivity index (χ0) is 39.7. The molecule has 0 atom stereocenters. The smallest absolute Gasteiger partial charge is 0.0540 e. The number of anilines is 3.